The number of hydrogen-bond donors (Lipinski definition) is 0. The fraction of sp³-hybridized carbons (Fsp3) is 0.316. The number of carbonyl (C=O) groups is 1. The van der Waals surface area contributed by atoms with Crippen molar-refractivity contribution in [2.45, 2.75) is 6.92 Å². The highest BCUT2D eigenvalue weighted by molar-refractivity contribution is 5.97. The van der Waals surface area contributed by atoms with Crippen LogP contribution in [0.5, 0.6) is 0 Å². The van der Waals surface area contributed by atoms with Crippen LogP contribution in [0.15, 0.2) is 54.6 Å². The predicted molar refractivity (Wildman–Crippen MR) is 90.6 cm³/mol. The summed E-state index contributed by atoms with van der Waals surface area (Å²) < 4.78 is 0. The fourth-order valence-electron chi connectivity index (χ4n) is 2.84. The highest BCUT2D eigenvalue weighted by Gasteiger charge is 2.19. The van der Waals surface area contributed by atoms with Crippen LogP contribution in [0.1, 0.15) is 15.9 Å². The first-order valence-electron chi connectivity index (χ1n) is 7.84. The molecule has 1 aliphatic heterocycles. The molecule has 0 saturated carbocycles. The van der Waals surface area contributed by atoms with Crippen LogP contribution in [-0.2, 0) is 0 Å². The van der Waals surface area contributed by atoms with Crippen LogP contribution in [0.3, 0.4) is 0 Å². The number of hydrogen-bond acceptors (Lipinski definition) is 3. The summed E-state index contributed by atoms with van der Waals surface area (Å²) in [5.41, 5.74) is 3.27. The molecule has 2 aromatic rings. The molecule has 0 aliphatic carbocycles. The van der Waals surface area contributed by atoms with Crippen molar-refractivity contribution in [2.75, 3.05) is 37.6 Å². The molecule has 1 aliphatic rings. The molecule has 0 radical (unpaired) electrons. The molecular formula is C19H22N2O. The molecule has 0 spiro atoms. The van der Waals surface area contributed by atoms with E-state index in [1.807, 2.05) is 37.3 Å². The summed E-state index contributed by atoms with van der Waals surface area (Å²) in [5, 5.41) is 0. The number of para-hydroxylation sites is 1. The van der Waals surface area contributed by atoms with Gasteiger partial charge in [-0.2, -0.15) is 0 Å². The summed E-state index contributed by atoms with van der Waals surface area (Å²) in [4.78, 5) is 17.0. The van der Waals surface area contributed by atoms with E-state index in [9.17, 15) is 4.79 Å². The third-order valence-electron chi connectivity index (χ3n) is 4.23. The van der Waals surface area contributed by atoms with Crippen molar-refractivity contribution >= 4 is 11.5 Å². The number of carbonyl (C=O) groups excluding carboxylic acids is 1. The minimum absolute atomic E-state index is 0.216. The summed E-state index contributed by atoms with van der Waals surface area (Å²) >= 11 is 0. The second kappa shape index (κ2) is 6.75. The lowest BCUT2D eigenvalue weighted by atomic mass is 10.1. The van der Waals surface area contributed by atoms with Crippen LogP contribution in [0.25, 0.3) is 0 Å². The summed E-state index contributed by atoms with van der Waals surface area (Å²) in [6.07, 6.45) is 0. The van der Waals surface area contributed by atoms with Crippen LogP contribution in [0.2, 0.25) is 0 Å². The Bertz CT molecular complexity index is 614. The van der Waals surface area contributed by atoms with E-state index < -0.39 is 0 Å². The van der Waals surface area contributed by atoms with Crippen molar-refractivity contribution in [3.05, 3.63) is 65.7 Å². The first-order chi connectivity index (χ1) is 10.7. The predicted octanol–water partition coefficient (Wildman–Crippen LogP) is 3.00. The van der Waals surface area contributed by atoms with Gasteiger partial charge in [-0.3, -0.25) is 9.69 Å². The van der Waals surface area contributed by atoms with Crippen LogP contribution >= 0.6 is 0 Å². The van der Waals surface area contributed by atoms with Crippen LogP contribution in [0.4, 0.5) is 5.69 Å². The van der Waals surface area contributed by atoms with Crippen LogP contribution in [0, 0.1) is 6.92 Å². The fourth-order valence-corrected chi connectivity index (χ4v) is 2.84. The number of Topliss-reactive ketones (excluding diaryl/α,β-unsaturated/α-hetero) is 1. The van der Waals surface area contributed by atoms with Gasteiger partial charge in [0.1, 0.15) is 0 Å². The highest BCUT2D eigenvalue weighted by atomic mass is 16.1. The lowest BCUT2D eigenvalue weighted by molar-refractivity contribution is 0.0926. The Labute approximate surface area is 132 Å². The minimum atomic E-state index is 0.216. The molecule has 3 heteroatoms. The zero-order valence-electron chi connectivity index (χ0n) is 13.0. The van der Waals surface area contributed by atoms with Crippen molar-refractivity contribution in [2.24, 2.45) is 0 Å². The zero-order valence-corrected chi connectivity index (χ0v) is 13.0. The summed E-state index contributed by atoms with van der Waals surface area (Å²) in [5.74, 6) is 0.216. The molecule has 3 nitrogen and oxygen atoms in total. The maximum atomic E-state index is 12.3. The average molecular weight is 294 g/mol. The number of rotatable bonds is 4. The third-order valence-corrected chi connectivity index (χ3v) is 4.23. The molecule has 2 aromatic carbocycles. The Kier molecular flexibility index (Phi) is 4.54. The maximum absolute atomic E-state index is 12.3. The molecule has 0 unspecified atom stereocenters. The largest absolute Gasteiger partial charge is 0.369 e. The lowest BCUT2D eigenvalue weighted by Crippen LogP contribution is -2.48. The van der Waals surface area contributed by atoms with Gasteiger partial charge in [0.15, 0.2) is 5.78 Å². The van der Waals surface area contributed by atoms with Crippen molar-refractivity contribution in [1.29, 1.82) is 0 Å². The Morgan fingerprint density at radius 2 is 1.55 bits per heavy atom. The van der Waals surface area contributed by atoms with Gasteiger partial charge in [0, 0.05) is 37.4 Å². The van der Waals surface area contributed by atoms with E-state index in [1.54, 1.807) is 0 Å². The van der Waals surface area contributed by atoms with Gasteiger partial charge in [0.05, 0.1) is 6.54 Å². The highest BCUT2D eigenvalue weighted by Crippen LogP contribution is 2.15. The third kappa shape index (κ3) is 3.55. The molecule has 3 rings (SSSR count). The molecule has 0 aromatic heterocycles. The van der Waals surface area contributed by atoms with E-state index in [4.69, 9.17) is 0 Å². The minimum Gasteiger partial charge on any atom is -0.369 e. The number of piperazine rings is 1. The molecule has 1 saturated heterocycles. The molecule has 1 fully saturated rings. The van der Waals surface area contributed by atoms with E-state index in [0.29, 0.717) is 6.54 Å². The molecule has 22 heavy (non-hydrogen) atoms. The van der Waals surface area contributed by atoms with E-state index >= 15 is 0 Å². The van der Waals surface area contributed by atoms with Gasteiger partial charge in [0.2, 0.25) is 0 Å². The smallest absolute Gasteiger partial charge is 0.176 e. The number of ketones is 1. The Morgan fingerprint density at radius 3 is 2.18 bits per heavy atom. The molecule has 0 bridgehead atoms. The first kappa shape index (κ1) is 14.8. The molecule has 1 heterocycles. The van der Waals surface area contributed by atoms with Crippen LogP contribution < -0.4 is 4.90 Å². The van der Waals surface area contributed by atoms with Gasteiger partial charge in [-0.15, -0.1) is 0 Å². The second-order valence-corrected chi connectivity index (χ2v) is 5.89. The van der Waals surface area contributed by atoms with Crippen LogP contribution in [-0.4, -0.2) is 43.4 Å². The molecule has 0 amide bonds. The summed E-state index contributed by atoms with van der Waals surface area (Å²) in [6.45, 7) is 6.39. The first-order valence-corrected chi connectivity index (χ1v) is 7.84. The van der Waals surface area contributed by atoms with Gasteiger partial charge in [0.25, 0.3) is 0 Å². The van der Waals surface area contributed by atoms with Crippen molar-refractivity contribution in [1.82, 2.24) is 4.90 Å². The number of nitrogens with zero attached hydrogens (tertiary/aromatic N) is 2. The van der Waals surface area contributed by atoms with Gasteiger partial charge in [-0.05, 0) is 19.1 Å². The molecule has 0 atom stereocenters. The molecule has 114 valence electrons. The lowest BCUT2D eigenvalue weighted by Gasteiger charge is -2.35. The monoisotopic (exact) mass is 294 g/mol. The van der Waals surface area contributed by atoms with Crippen molar-refractivity contribution in [3.8, 4) is 0 Å². The number of anilines is 1. The quantitative estimate of drug-likeness (QED) is 0.810. The van der Waals surface area contributed by atoms with E-state index in [2.05, 4.69) is 34.1 Å². The zero-order chi connectivity index (χ0) is 15.4. The SMILES string of the molecule is Cc1ccc(C(=O)CN2CCN(c3ccccc3)CC2)cc1. The van der Waals surface area contributed by atoms with Gasteiger partial charge in [-0.1, -0.05) is 48.0 Å². The Hall–Kier alpha value is -2.13. The normalized spacial score (nSPS) is 15.8. The molecule has 0 N–H and O–H groups in total. The van der Waals surface area contributed by atoms with Gasteiger partial charge >= 0.3 is 0 Å². The number of benzene rings is 2. The van der Waals surface area contributed by atoms with E-state index in [1.165, 1.54) is 11.3 Å². The average Bonchev–Trinajstić information content (AvgIpc) is 2.57. The Balaban J connectivity index is 1.53. The second-order valence-electron chi connectivity index (χ2n) is 5.89. The van der Waals surface area contributed by atoms with E-state index in [-0.39, 0.29) is 5.78 Å². The Morgan fingerprint density at radius 1 is 0.909 bits per heavy atom. The molecular weight excluding hydrogens is 272 g/mol. The van der Waals surface area contributed by atoms with Crippen molar-refractivity contribution < 1.29 is 4.79 Å². The van der Waals surface area contributed by atoms with Gasteiger partial charge in [-0.25, -0.2) is 0 Å². The standard InChI is InChI=1S/C19H22N2O/c1-16-7-9-17(10-8-16)19(22)15-20-11-13-21(14-12-20)18-5-3-2-4-6-18/h2-10H,11-15H2,1H3. The van der Waals surface area contributed by atoms with E-state index in [0.717, 1.165) is 31.7 Å². The maximum Gasteiger partial charge on any atom is 0.176 e. The topological polar surface area (TPSA) is 23.6 Å². The summed E-state index contributed by atoms with van der Waals surface area (Å²) in [6, 6.07) is 18.3. The van der Waals surface area contributed by atoms with Gasteiger partial charge < -0.3 is 4.90 Å². The summed E-state index contributed by atoms with van der Waals surface area (Å²) in [7, 11) is 0. The van der Waals surface area contributed by atoms with Crippen molar-refractivity contribution in [3.63, 3.8) is 0 Å². The number of aryl methyl sites for hydroxylation is 1.